The first-order chi connectivity index (χ1) is 15.1. The van der Waals surface area contributed by atoms with E-state index in [0.29, 0.717) is 29.5 Å². The third kappa shape index (κ3) is 5.02. The molecule has 1 saturated heterocycles. The van der Waals surface area contributed by atoms with Gasteiger partial charge >= 0.3 is 0 Å². The van der Waals surface area contributed by atoms with Crippen LogP contribution in [0.15, 0.2) is 60.7 Å². The zero-order chi connectivity index (χ0) is 21.6. The topological polar surface area (TPSA) is 50.2 Å². The van der Waals surface area contributed by atoms with Crippen molar-refractivity contribution in [1.82, 2.24) is 20.0 Å². The monoisotopic (exact) mass is 420 g/mol. The number of piperidine rings is 1. The highest BCUT2D eigenvalue weighted by atomic mass is 19.1. The Morgan fingerprint density at radius 1 is 1.13 bits per heavy atom. The summed E-state index contributed by atoms with van der Waals surface area (Å²) in [7, 11) is 0. The first kappa shape index (κ1) is 21.2. The van der Waals surface area contributed by atoms with Crippen molar-refractivity contribution in [3.8, 4) is 16.9 Å². The lowest BCUT2D eigenvalue weighted by molar-refractivity contribution is 0.0941. The number of carbonyl (C=O) groups is 1. The highest BCUT2D eigenvalue weighted by Crippen LogP contribution is 2.24. The molecule has 1 amide bonds. The SMILES string of the molecule is C[C@H]1CCCCN1CCCNC(=O)c1cc(-c2ccccc2F)nn1-c1ccccc1. The van der Waals surface area contributed by atoms with Crippen molar-refractivity contribution in [2.75, 3.05) is 19.6 Å². The lowest BCUT2D eigenvalue weighted by Crippen LogP contribution is -2.39. The van der Waals surface area contributed by atoms with Crippen LogP contribution in [-0.2, 0) is 0 Å². The van der Waals surface area contributed by atoms with Gasteiger partial charge in [0.05, 0.1) is 11.4 Å². The third-order valence-corrected chi connectivity index (χ3v) is 5.94. The van der Waals surface area contributed by atoms with Gasteiger partial charge in [0.2, 0.25) is 0 Å². The van der Waals surface area contributed by atoms with Gasteiger partial charge in [0.15, 0.2) is 0 Å². The minimum absolute atomic E-state index is 0.203. The lowest BCUT2D eigenvalue weighted by atomic mass is 10.0. The van der Waals surface area contributed by atoms with Gasteiger partial charge in [0, 0.05) is 24.7 Å². The van der Waals surface area contributed by atoms with Crippen LogP contribution < -0.4 is 5.32 Å². The Kier molecular flexibility index (Phi) is 6.77. The third-order valence-electron chi connectivity index (χ3n) is 5.94. The largest absolute Gasteiger partial charge is 0.351 e. The quantitative estimate of drug-likeness (QED) is 0.565. The number of nitrogens with zero attached hydrogens (tertiary/aromatic N) is 3. The van der Waals surface area contributed by atoms with Crippen molar-refractivity contribution in [3.63, 3.8) is 0 Å². The van der Waals surface area contributed by atoms with Crippen LogP contribution in [0.1, 0.15) is 43.1 Å². The van der Waals surface area contributed by atoms with Crippen molar-refractivity contribution in [2.45, 2.75) is 38.6 Å². The van der Waals surface area contributed by atoms with E-state index in [2.05, 4.69) is 22.2 Å². The second-order valence-corrected chi connectivity index (χ2v) is 8.13. The van der Waals surface area contributed by atoms with E-state index in [1.807, 2.05) is 30.3 Å². The van der Waals surface area contributed by atoms with E-state index < -0.39 is 0 Å². The number of amides is 1. The smallest absolute Gasteiger partial charge is 0.270 e. The number of para-hydroxylation sites is 1. The van der Waals surface area contributed by atoms with E-state index in [0.717, 1.165) is 25.2 Å². The lowest BCUT2D eigenvalue weighted by Gasteiger charge is -2.33. The van der Waals surface area contributed by atoms with Gasteiger partial charge in [0.1, 0.15) is 11.5 Å². The van der Waals surface area contributed by atoms with Gasteiger partial charge in [-0.2, -0.15) is 5.10 Å². The number of aromatic nitrogens is 2. The van der Waals surface area contributed by atoms with Crippen LogP contribution in [0.25, 0.3) is 16.9 Å². The number of hydrogen-bond acceptors (Lipinski definition) is 3. The van der Waals surface area contributed by atoms with Gasteiger partial charge in [-0.3, -0.25) is 4.79 Å². The maximum atomic E-state index is 14.3. The van der Waals surface area contributed by atoms with E-state index in [1.54, 1.807) is 28.9 Å². The van der Waals surface area contributed by atoms with Gasteiger partial charge < -0.3 is 10.2 Å². The predicted molar refractivity (Wildman–Crippen MR) is 121 cm³/mol. The number of carbonyl (C=O) groups excluding carboxylic acids is 1. The van der Waals surface area contributed by atoms with Gasteiger partial charge in [-0.1, -0.05) is 36.8 Å². The molecule has 1 aliphatic rings. The number of rotatable bonds is 7. The molecule has 1 aliphatic heterocycles. The average molecular weight is 421 g/mol. The molecule has 0 radical (unpaired) electrons. The molecule has 1 N–H and O–H groups in total. The molecule has 1 atom stereocenters. The maximum Gasteiger partial charge on any atom is 0.270 e. The number of hydrogen-bond donors (Lipinski definition) is 1. The Morgan fingerprint density at radius 3 is 2.68 bits per heavy atom. The molecular formula is C25H29FN4O. The summed E-state index contributed by atoms with van der Waals surface area (Å²) in [6.45, 7) is 5.00. The minimum Gasteiger partial charge on any atom is -0.351 e. The van der Waals surface area contributed by atoms with Crippen molar-refractivity contribution in [1.29, 1.82) is 0 Å². The molecule has 1 aromatic heterocycles. The van der Waals surface area contributed by atoms with Crippen LogP contribution >= 0.6 is 0 Å². The van der Waals surface area contributed by atoms with Crippen molar-refractivity contribution >= 4 is 5.91 Å². The Morgan fingerprint density at radius 2 is 1.90 bits per heavy atom. The van der Waals surface area contributed by atoms with Gasteiger partial charge in [-0.15, -0.1) is 0 Å². The molecule has 1 fully saturated rings. The first-order valence-electron chi connectivity index (χ1n) is 11.1. The van der Waals surface area contributed by atoms with Gasteiger partial charge in [0.25, 0.3) is 5.91 Å². The fraction of sp³-hybridized carbons (Fsp3) is 0.360. The number of benzene rings is 2. The number of halogens is 1. The van der Waals surface area contributed by atoms with Crippen molar-refractivity contribution in [3.05, 3.63) is 72.2 Å². The molecule has 0 unspecified atom stereocenters. The van der Waals surface area contributed by atoms with E-state index in [4.69, 9.17) is 0 Å². The fourth-order valence-corrected chi connectivity index (χ4v) is 4.17. The number of likely N-dealkylation sites (tertiary alicyclic amines) is 1. The molecule has 0 bridgehead atoms. The summed E-state index contributed by atoms with van der Waals surface area (Å²) >= 11 is 0. The van der Waals surface area contributed by atoms with Gasteiger partial charge in [-0.05, 0) is 63.1 Å². The molecule has 0 saturated carbocycles. The maximum absolute atomic E-state index is 14.3. The van der Waals surface area contributed by atoms with Crippen LogP contribution in [0.5, 0.6) is 0 Å². The Bertz CT molecular complexity index is 1020. The molecule has 0 spiro atoms. The average Bonchev–Trinajstić information content (AvgIpc) is 3.24. The van der Waals surface area contributed by atoms with E-state index >= 15 is 0 Å². The zero-order valence-corrected chi connectivity index (χ0v) is 17.9. The van der Waals surface area contributed by atoms with E-state index in [9.17, 15) is 9.18 Å². The standard InChI is InChI=1S/C25H29FN4O/c1-19-10-7-8-16-29(19)17-9-15-27-25(31)24-18-23(21-13-5-6-14-22(21)26)28-30(24)20-11-3-2-4-12-20/h2-6,11-14,18-19H,7-10,15-17H2,1H3,(H,27,31)/t19-/m0/s1. The Labute approximate surface area is 182 Å². The molecule has 2 aromatic carbocycles. The van der Waals surface area contributed by atoms with Crippen LogP contribution in [0.2, 0.25) is 0 Å². The van der Waals surface area contributed by atoms with E-state index in [-0.39, 0.29) is 11.7 Å². The molecule has 6 heteroatoms. The van der Waals surface area contributed by atoms with E-state index in [1.165, 1.54) is 25.3 Å². The van der Waals surface area contributed by atoms with Crippen LogP contribution in [-0.4, -0.2) is 46.3 Å². The molecule has 162 valence electrons. The summed E-state index contributed by atoms with van der Waals surface area (Å²) in [6.07, 6.45) is 4.71. The fourth-order valence-electron chi connectivity index (χ4n) is 4.17. The Balaban J connectivity index is 1.49. The molecule has 2 heterocycles. The van der Waals surface area contributed by atoms with Crippen molar-refractivity contribution in [2.24, 2.45) is 0 Å². The molecule has 0 aliphatic carbocycles. The summed E-state index contributed by atoms with van der Waals surface area (Å²) in [6, 6.07) is 18.2. The van der Waals surface area contributed by atoms with Crippen LogP contribution in [0, 0.1) is 5.82 Å². The minimum atomic E-state index is -0.358. The van der Waals surface area contributed by atoms with Crippen LogP contribution in [0.3, 0.4) is 0 Å². The summed E-state index contributed by atoms with van der Waals surface area (Å²) in [4.78, 5) is 15.5. The number of nitrogens with one attached hydrogen (secondary N) is 1. The van der Waals surface area contributed by atoms with Crippen molar-refractivity contribution < 1.29 is 9.18 Å². The summed E-state index contributed by atoms with van der Waals surface area (Å²) < 4.78 is 15.9. The normalized spacial score (nSPS) is 16.9. The molecule has 3 aromatic rings. The van der Waals surface area contributed by atoms with Crippen LogP contribution in [0.4, 0.5) is 4.39 Å². The molecule has 31 heavy (non-hydrogen) atoms. The predicted octanol–water partition coefficient (Wildman–Crippen LogP) is 4.67. The second-order valence-electron chi connectivity index (χ2n) is 8.13. The molecular weight excluding hydrogens is 391 g/mol. The molecule has 5 nitrogen and oxygen atoms in total. The second kappa shape index (κ2) is 9.88. The van der Waals surface area contributed by atoms with Gasteiger partial charge in [-0.25, -0.2) is 9.07 Å². The first-order valence-corrected chi connectivity index (χ1v) is 11.1. The summed E-state index contributed by atoms with van der Waals surface area (Å²) in [5.74, 6) is -0.562. The highest BCUT2D eigenvalue weighted by molar-refractivity contribution is 5.94. The molecule has 4 rings (SSSR count). The summed E-state index contributed by atoms with van der Waals surface area (Å²) in [5.41, 5.74) is 1.98. The Hall–Kier alpha value is -2.99. The summed E-state index contributed by atoms with van der Waals surface area (Å²) in [5, 5.41) is 7.57. The zero-order valence-electron chi connectivity index (χ0n) is 17.9. The highest BCUT2D eigenvalue weighted by Gasteiger charge is 2.20.